The van der Waals surface area contributed by atoms with Gasteiger partial charge in [-0.1, -0.05) is 103 Å². The lowest BCUT2D eigenvalue weighted by atomic mass is 10.1. The topological polar surface area (TPSA) is 162 Å². The first kappa shape index (κ1) is 51.9. The molecule has 0 saturated carbocycles. The highest BCUT2D eigenvalue weighted by Crippen LogP contribution is 2.15. The van der Waals surface area contributed by atoms with E-state index in [0.717, 1.165) is 63.3 Å². The molecule has 2 aromatic carbocycles. The van der Waals surface area contributed by atoms with Gasteiger partial charge in [0.1, 0.15) is 12.1 Å². The number of aryl methyl sites for hydroxylation is 2. The number of carbonyl (C=O) groups is 5. The molecule has 55 heavy (non-hydrogen) atoms. The molecule has 3 unspecified atom stereocenters. The molecule has 10 nitrogen and oxygen atoms in total. The smallest absolute Gasteiger partial charge is 0.327 e. The maximum atomic E-state index is 11.0. The number of allylic oxidation sites excluding steroid dienone is 1. The number of hydrogen-bond donors (Lipinski definition) is 5. The average Bonchev–Trinajstić information content (AvgIpc) is 3.13. The number of nitrogens with one attached hydrogen (secondary N) is 3. The molecular weight excluding hydrogens is 815 g/mol. The molecule has 0 aliphatic rings. The fraction of sp³-hybridized carbons (Fsp3) is 0.436. The molecule has 0 saturated heterocycles. The van der Waals surface area contributed by atoms with Crippen LogP contribution in [0.4, 0.5) is 0 Å². The van der Waals surface area contributed by atoms with Gasteiger partial charge in [-0.3, -0.25) is 14.4 Å². The Labute approximate surface area is 354 Å². The second-order valence-electron chi connectivity index (χ2n) is 12.0. The van der Waals surface area contributed by atoms with Crippen molar-refractivity contribution in [1.82, 2.24) is 16.0 Å². The Morgan fingerprint density at radius 3 is 1.45 bits per heavy atom. The molecule has 0 spiro atoms. The number of benzene rings is 2. The maximum absolute atomic E-state index is 11.0. The summed E-state index contributed by atoms with van der Waals surface area (Å²) in [5, 5.41) is 25.6. The minimum Gasteiger partial charge on any atom is -0.480 e. The zero-order valence-electron chi connectivity index (χ0n) is 31.7. The van der Waals surface area contributed by atoms with Gasteiger partial charge in [-0.05, 0) is 63.0 Å². The maximum Gasteiger partial charge on any atom is 0.327 e. The Bertz CT molecular complexity index is 1530. The summed E-state index contributed by atoms with van der Waals surface area (Å²) in [6, 6.07) is 18.5. The monoisotopic (exact) mass is 867 g/mol. The summed E-state index contributed by atoms with van der Waals surface area (Å²) in [6.07, 6.45) is 7.91. The summed E-state index contributed by atoms with van der Waals surface area (Å²) in [5.74, 6) is -1.42. The molecule has 0 aromatic heterocycles. The van der Waals surface area contributed by atoms with Crippen molar-refractivity contribution in [3.63, 3.8) is 0 Å². The van der Waals surface area contributed by atoms with E-state index in [0.29, 0.717) is 0 Å². The minimum atomic E-state index is -1.04. The van der Waals surface area contributed by atoms with Gasteiger partial charge in [-0.15, -0.1) is 41.9 Å². The SMILES string of the molecule is C=CCCC(=S)SCC(C)NC(C)=O.CC(=O)NC(CSC(=S)CCCc1ccccc1)C(=O)O.CC(=O)NC(CSC(=S)CCc1ccccc1)C(=O)O. The predicted octanol–water partition coefficient (Wildman–Crippen LogP) is 7.47. The van der Waals surface area contributed by atoms with Gasteiger partial charge in [0, 0.05) is 56.7 Å². The van der Waals surface area contributed by atoms with Crippen LogP contribution >= 0.6 is 71.9 Å². The van der Waals surface area contributed by atoms with Crippen LogP contribution in [-0.4, -0.2) is 87.8 Å². The summed E-state index contributed by atoms with van der Waals surface area (Å²) in [5.41, 5.74) is 2.47. The van der Waals surface area contributed by atoms with E-state index in [-0.39, 0.29) is 35.3 Å². The Hall–Kier alpha value is -3.15. The van der Waals surface area contributed by atoms with Crippen molar-refractivity contribution in [3.8, 4) is 0 Å². The Morgan fingerprint density at radius 2 is 1.04 bits per heavy atom. The quantitative estimate of drug-likeness (QED) is 0.0622. The number of amides is 3. The second-order valence-corrected chi connectivity index (χ2v) is 17.6. The molecule has 2 rings (SSSR count). The molecule has 0 fully saturated rings. The summed E-state index contributed by atoms with van der Waals surface area (Å²) < 4.78 is 2.52. The molecule has 0 heterocycles. The number of carboxylic acids is 2. The highest BCUT2D eigenvalue weighted by Gasteiger charge is 2.20. The fourth-order valence-electron chi connectivity index (χ4n) is 4.21. The summed E-state index contributed by atoms with van der Waals surface area (Å²) in [7, 11) is 0. The van der Waals surface area contributed by atoms with E-state index in [4.69, 9.17) is 46.9 Å². The van der Waals surface area contributed by atoms with Crippen LogP contribution in [0.3, 0.4) is 0 Å². The second kappa shape index (κ2) is 32.0. The first-order valence-corrected chi connectivity index (χ1v) is 21.6. The minimum absolute atomic E-state index is 0.00936. The molecule has 0 bridgehead atoms. The van der Waals surface area contributed by atoms with Crippen LogP contribution < -0.4 is 16.0 Å². The summed E-state index contributed by atoms with van der Waals surface area (Å²) in [6.45, 7) is 9.75. The van der Waals surface area contributed by atoms with Crippen molar-refractivity contribution in [2.45, 2.75) is 90.8 Å². The molecule has 2 aromatic rings. The number of thioether (sulfide) groups is 3. The van der Waals surface area contributed by atoms with E-state index >= 15 is 0 Å². The number of rotatable bonds is 21. The standard InChI is InChI=1S/C15H19NO3S2.C14H17NO3S2.C10H17NOS2/c1-11(17)16-13(15(18)19)10-21-14(20)9-5-8-12-6-3-2-4-7-12;1-10(16)15-12(14(17)18)9-20-13(19)8-7-11-5-3-2-4-6-11;1-4-5-6-10(13)14-7-8(2)11-9(3)12/h2-4,6-7,13H,5,8-10H2,1H3,(H,16,17)(H,18,19);2-6,12H,7-9H2,1H3,(H,15,16)(H,17,18);4,8H,1,5-7H2,2-3H3,(H,11,12). The third kappa shape index (κ3) is 30.7. The highest BCUT2D eigenvalue weighted by molar-refractivity contribution is 8.23. The average molecular weight is 868 g/mol. The van der Waals surface area contributed by atoms with Gasteiger partial charge in [0.15, 0.2) is 0 Å². The third-order valence-corrected chi connectivity index (χ3v) is 11.7. The summed E-state index contributed by atoms with van der Waals surface area (Å²) >= 11 is 19.9. The molecule has 16 heteroatoms. The van der Waals surface area contributed by atoms with E-state index in [2.05, 4.69) is 34.7 Å². The van der Waals surface area contributed by atoms with Crippen LogP contribution in [-0.2, 0) is 36.8 Å². The number of carbonyl (C=O) groups excluding carboxylic acids is 3. The van der Waals surface area contributed by atoms with Crippen molar-refractivity contribution in [3.05, 3.63) is 84.4 Å². The van der Waals surface area contributed by atoms with Crippen molar-refractivity contribution in [2.75, 3.05) is 17.3 Å². The van der Waals surface area contributed by atoms with Gasteiger partial charge in [0.2, 0.25) is 17.7 Å². The molecule has 3 amide bonds. The fourth-order valence-corrected chi connectivity index (χ4v) is 7.66. The van der Waals surface area contributed by atoms with E-state index in [1.165, 1.54) is 55.4 Å². The summed E-state index contributed by atoms with van der Waals surface area (Å²) in [4.78, 5) is 54.4. The van der Waals surface area contributed by atoms with Gasteiger partial charge in [-0.2, -0.15) is 0 Å². The van der Waals surface area contributed by atoms with Gasteiger partial charge < -0.3 is 26.2 Å². The molecular formula is C39H53N3O7S6. The zero-order valence-corrected chi connectivity index (χ0v) is 36.6. The number of hydrogen-bond acceptors (Lipinski definition) is 11. The van der Waals surface area contributed by atoms with E-state index in [1.807, 2.05) is 61.5 Å². The lowest BCUT2D eigenvalue weighted by Gasteiger charge is -2.13. The number of aliphatic carboxylic acids is 2. The Morgan fingerprint density at radius 1 is 0.636 bits per heavy atom. The van der Waals surface area contributed by atoms with Crippen molar-refractivity contribution < 1.29 is 34.2 Å². The first-order valence-electron chi connectivity index (χ1n) is 17.5. The Balaban J connectivity index is 0.000000813. The van der Waals surface area contributed by atoms with Crippen LogP contribution in [0, 0.1) is 0 Å². The highest BCUT2D eigenvalue weighted by atomic mass is 32.2. The van der Waals surface area contributed by atoms with Gasteiger partial charge in [-0.25, -0.2) is 9.59 Å². The van der Waals surface area contributed by atoms with Crippen LogP contribution in [0.15, 0.2) is 73.3 Å². The third-order valence-electron chi connectivity index (χ3n) is 6.82. The van der Waals surface area contributed by atoms with E-state index in [9.17, 15) is 24.0 Å². The van der Waals surface area contributed by atoms with Crippen LogP contribution in [0.25, 0.3) is 0 Å². The van der Waals surface area contributed by atoms with Crippen LogP contribution in [0.2, 0.25) is 0 Å². The molecule has 0 radical (unpaired) electrons. The molecule has 3 atom stereocenters. The number of thiocarbonyl (C=S) groups is 3. The lowest BCUT2D eigenvalue weighted by Crippen LogP contribution is -2.41. The molecule has 5 N–H and O–H groups in total. The molecule has 0 aliphatic heterocycles. The largest absolute Gasteiger partial charge is 0.480 e. The lowest BCUT2D eigenvalue weighted by molar-refractivity contribution is -0.141. The van der Waals surface area contributed by atoms with Crippen molar-refractivity contribution in [1.29, 1.82) is 0 Å². The van der Waals surface area contributed by atoms with E-state index < -0.39 is 24.0 Å². The van der Waals surface area contributed by atoms with Crippen LogP contribution in [0.1, 0.15) is 70.9 Å². The van der Waals surface area contributed by atoms with Crippen molar-refractivity contribution >= 4 is 114 Å². The van der Waals surface area contributed by atoms with Crippen LogP contribution in [0.5, 0.6) is 0 Å². The first-order chi connectivity index (χ1) is 26.0. The van der Waals surface area contributed by atoms with Gasteiger partial charge in [0.25, 0.3) is 0 Å². The molecule has 302 valence electrons. The normalized spacial score (nSPS) is 11.7. The van der Waals surface area contributed by atoms with Crippen molar-refractivity contribution in [2.24, 2.45) is 0 Å². The zero-order chi connectivity index (χ0) is 41.6. The molecule has 0 aliphatic carbocycles. The van der Waals surface area contributed by atoms with E-state index in [1.54, 1.807) is 11.8 Å². The van der Waals surface area contributed by atoms with Gasteiger partial charge >= 0.3 is 11.9 Å². The number of carboxylic acid groups (broad SMARTS) is 2. The predicted molar refractivity (Wildman–Crippen MR) is 243 cm³/mol. The van der Waals surface area contributed by atoms with Gasteiger partial charge in [0.05, 0.1) is 0 Å². The Kier molecular flexibility index (Phi) is 30.2.